The molecule has 1 heterocycles. The molecule has 1 aliphatic heterocycles. The largest absolute Gasteiger partial charge is 0.339 e. The van der Waals surface area contributed by atoms with Crippen LogP contribution in [0.1, 0.15) is 58.8 Å². The van der Waals surface area contributed by atoms with Gasteiger partial charge in [0.1, 0.15) is 0 Å². The van der Waals surface area contributed by atoms with Crippen molar-refractivity contribution in [1.82, 2.24) is 4.90 Å². The highest BCUT2D eigenvalue weighted by Crippen LogP contribution is 2.51. The fraction of sp³-hybridized carbons (Fsp3) is 0.812. The smallest absolute Gasteiger partial charge is 0.246 e. The molecule has 1 aliphatic carbocycles. The third-order valence-corrected chi connectivity index (χ3v) is 4.55. The lowest BCUT2D eigenvalue weighted by Crippen LogP contribution is -2.39. The average Bonchev–Trinajstić information content (AvgIpc) is 2.73. The maximum Gasteiger partial charge on any atom is 0.246 e. The maximum atomic E-state index is 12.0. The molecule has 1 spiro atoms. The Hall–Kier alpha value is -0.790. The van der Waals surface area contributed by atoms with Crippen molar-refractivity contribution in [2.45, 2.75) is 58.8 Å². The predicted octanol–water partition coefficient (Wildman–Crippen LogP) is 3.77. The third kappa shape index (κ3) is 3.15. The third-order valence-electron chi connectivity index (χ3n) is 4.55. The molecule has 0 aromatic rings. The summed E-state index contributed by atoms with van der Waals surface area (Å²) in [6, 6.07) is 0. The van der Waals surface area contributed by atoms with Crippen LogP contribution in [0.3, 0.4) is 0 Å². The Balaban J connectivity index is 1.71. The molecule has 0 aromatic carbocycles. The first-order valence-corrected chi connectivity index (χ1v) is 7.61. The van der Waals surface area contributed by atoms with Gasteiger partial charge in [0.25, 0.3) is 0 Å². The molecule has 1 saturated carbocycles. The predicted molar refractivity (Wildman–Crippen MR) is 75.3 cm³/mol. The van der Waals surface area contributed by atoms with Crippen LogP contribution in [0.2, 0.25) is 0 Å². The van der Waals surface area contributed by atoms with Crippen LogP contribution >= 0.6 is 0 Å². The first kappa shape index (κ1) is 13.6. The lowest BCUT2D eigenvalue weighted by atomic mass is 9.62. The van der Waals surface area contributed by atoms with Gasteiger partial charge >= 0.3 is 0 Å². The van der Waals surface area contributed by atoms with Crippen molar-refractivity contribution >= 4 is 5.91 Å². The van der Waals surface area contributed by atoms with Gasteiger partial charge in [0, 0.05) is 13.1 Å². The fourth-order valence-corrected chi connectivity index (χ4v) is 3.68. The molecule has 0 radical (unpaired) electrons. The van der Waals surface area contributed by atoms with Gasteiger partial charge in [-0.05, 0) is 49.5 Å². The molecule has 102 valence electrons. The topological polar surface area (TPSA) is 20.3 Å². The number of amides is 1. The van der Waals surface area contributed by atoms with Crippen LogP contribution in [-0.4, -0.2) is 23.9 Å². The summed E-state index contributed by atoms with van der Waals surface area (Å²) >= 11 is 0. The van der Waals surface area contributed by atoms with E-state index in [-0.39, 0.29) is 5.91 Å². The van der Waals surface area contributed by atoms with Gasteiger partial charge in [-0.2, -0.15) is 0 Å². The molecule has 18 heavy (non-hydrogen) atoms. The first-order valence-electron chi connectivity index (χ1n) is 7.61. The SMILES string of the molecule is CCCCC/C=C/C(=O)N1CCC2(CC(C)C2)C1. The quantitative estimate of drug-likeness (QED) is 0.536. The highest BCUT2D eigenvalue weighted by atomic mass is 16.2. The van der Waals surface area contributed by atoms with E-state index in [9.17, 15) is 4.79 Å². The van der Waals surface area contributed by atoms with Gasteiger partial charge in [-0.3, -0.25) is 4.79 Å². The first-order chi connectivity index (χ1) is 8.65. The van der Waals surface area contributed by atoms with Gasteiger partial charge in [-0.1, -0.05) is 32.8 Å². The van der Waals surface area contributed by atoms with E-state index in [1.807, 2.05) is 0 Å². The number of allylic oxidation sites excluding steroid dienone is 1. The molecular weight excluding hydrogens is 222 g/mol. The Morgan fingerprint density at radius 2 is 2.17 bits per heavy atom. The van der Waals surface area contributed by atoms with Crippen LogP contribution in [0, 0.1) is 11.3 Å². The van der Waals surface area contributed by atoms with Crippen molar-refractivity contribution in [2.24, 2.45) is 11.3 Å². The number of carbonyl (C=O) groups is 1. The maximum absolute atomic E-state index is 12.0. The molecular formula is C16H27NO. The number of rotatable bonds is 5. The van der Waals surface area contributed by atoms with E-state index in [1.54, 1.807) is 6.08 Å². The van der Waals surface area contributed by atoms with Crippen LogP contribution in [0.25, 0.3) is 0 Å². The van der Waals surface area contributed by atoms with Crippen molar-refractivity contribution in [1.29, 1.82) is 0 Å². The lowest BCUT2D eigenvalue weighted by Gasteiger charge is -2.43. The number of unbranched alkanes of at least 4 members (excludes halogenated alkanes) is 3. The van der Waals surface area contributed by atoms with Gasteiger partial charge in [-0.25, -0.2) is 0 Å². The zero-order chi connectivity index (χ0) is 13.0. The van der Waals surface area contributed by atoms with Crippen molar-refractivity contribution < 1.29 is 4.79 Å². The molecule has 0 atom stereocenters. The van der Waals surface area contributed by atoms with E-state index in [0.29, 0.717) is 5.41 Å². The van der Waals surface area contributed by atoms with E-state index >= 15 is 0 Å². The molecule has 2 rings (SSSR count). The van der Waals surface area contributed by atoms with Crippen LogP contribution in [0.5, 0.6) is 0 Å². The number of hydrogen-bond acceptors (Lipinski definition) is 1. The lowest BCUT2D eigenvalue weighted by molar-refractivity contribution is -0.125. The van der Waals surface area contributed by atoms with E-state index < -0.39 is 0 Å². The highest BCUT2D eigenvalue weighted by Gasteiger charge is 2.47. The second kappa shape index (κ2) is 5.90. The Morgan fingerprint density at radius 3 is 2.83 bits per heavy atom. The number of nitrogens with zero attached hydrogens (tertiary/aromatic N) is 1. The van der Waals surface area contributed by atoms with Gasteiger partial charge in [-0.15, -0.1) is 0 Å². The summed E-state index contributed by atoms with van der Waals surface area (Å²) < 4.78 is 0. The molecule has 2 fully saturated rings. The second-order valence-electron chi connectivity index (χ2n) is 6.42. The molecule has 1 saturated heterocycles. The Bertz CT molecular complexity index is 315. The monoisotopic (exact) mass is 249 g/mol. The second-order valence-corrected chi connectivity index (χ2v) is 6.42. The summed E-state index contributed by atoms with van der Waals surface area (Å²) in [5.41, 5.74) is 0.505. The van der Waals surface area contributed by atoms with Crippen molar-refractivity contribution in [2.75, 3.05) is 13.1 Å². The van der Waals surface area contributed by atoms with Crippen molar-refractivity contribution in [3.63, 3.8) is 0 Å². The van der Waals surface area contributed by atoms with Gasteiger partial charge in [0.2, 0.25) is 5.91 Å². The molecule has 0 N–H and O–H groups in total. The molecule has 0 aromatic heterocycles. The summed E-state index contributed by atoms with van der Waals surface area (Å²) in [6.45, 7) is 6.52. The van der Waals surface area contributed by atoms with E-state index in [2.05, 4.69) is 24.8 Å². The van der Waals surface area contributed by atoms with Gasteiger partial charge < -0.3 is 4.90 Å². The summed E-state index contributed by atoms with van der Waals surface area (Å²) in [5.74, 6) is 1.12. The molecule has 0 unspecified atom stereocenters. The zero-order valence-corrected chi connectivity index (χ0v) is 12.0. The van der Waals surface area contributed by atoms with Crippen LogP contribution in [0.15, 0.2) is 12.2 Å². The summed E-state index contributed by atoms with van der Waals surface area (Å²) in [6.07, 6.45) is 12.5. The van der Waals surface area contributed by atoms with E-state index in [0.717, 1.165) is 25.4 Å². The summed E-state index contributed by atoms with van der Waals surface area (Å²) in [7, 11) is 0. The van der Waals surface area contributed by atoms with Gasteiger partial charge in [0.05, 0.1) is 0 Å². The summed E-state index contributed by atoms with van der Waals surface area (Å²) in [5, 5.41) is 0. The van der Waals surface area contributed by atoms with Gasteiger partial charge in [0.15, 0.2) is 0 Å². The van der Waals surface area contributed by atoms with E-state index in [4.69, 9.17) is 0 Å². The molecule has 2 aliphatic rings. The molecule has 1 amide bonds. The number of likely N-dealkylation sites (tertiary alicyclic amines) is 1. The molecule has 0 bridgehead atoms. The van der Waals surface area contributed by atoms with Crippen LogP contribution in [0.4, 0.5) is 0 Å². The minimum absolute atomic E-state index is 0.239. The molecule has 2 nitrogen and oxygen atoms in total. The standard InChI is InChI=1S/C16H27NO/c1-3-4-5-6-7-8-15(18)17-10-9-16(13-17)11-14(2)12-16/h7-8,14H,3-6,9-13H2,1-2H3/b8-7+. The van der Waals surface area contributed by atoms with Crippen molar-refractivity contribution in [3.05, 3.63) is 12.2 Å². The Kier molecular flexibility index (Phi) is 4.47. The molecule has 2 heteroatoms. The highest BCUT2D eigenvalue weighted by molar-refractivity contribution is 5.87. The zero-order valence-electron chi connectivity index (χ0n) is 12.0. The Morgan fingerprint density at radius 1 is 1.39 bits per heavy atom. The van der Waals surface area contributed by atoms with Crippen molar-refractivity contribution in [3.8, 4) is 0 Å². The summed E-state index contributed by atoms with van der Waals surface area (Å²) in [4.78, 5) is 14.1. The van der Waals surface area contributed by atoms with Crippen LogP contribution < -0.4 is 0 Å². The Labute approximate surface area is 111 Å². The normalized spacial score (nSPS) is 31.2. The fourth-order valence-electron chi connectivity index (χ4n) is 3.68. The van der Waals surface area contributed by atoms with E-state index in [1.165, 1.54) is 38.5 Å². The number of hydrogen-bond donors (Lipinski definition) is 0. The number of carbonyl (C=O) groups excluding carboxylic acids is 1. The minimum Gasteiger partial charge on any atom is -0.339 e. The minimum atomic E-state index is 0.239. The van der Waals surface area contributed by atoms with Crippen LogP contribution in [-0.2, 0) is 4.79 Å². The average molecular weight is 249 g/mol.